The summed E-state index contributed by atoms with van der Waals surface area (Å²) in [6, 6.07) is 28.2. The quantitative estimate of drug-likeness (QED) is 0.0337. The van der Waals surface area contributed by atoms with Crippen LogP contribution in [-0.4, -0.2) is 48.3 Å². The third kappa shape index (κ3) is 14.3. The van der Waals surface area contributed by atoms with Crippen LogP contribution in [0.5, 0.6) is 0 Å². The number of nitrogen functional groups attached to an aromatic ring is 4. The Morgan fingerprint density at radius 1 is 0.436 bits per heavy atom. The van der Waals surface area contributed by atoms with Crippen LogP contribution in [0.1, 0.15) is 246 Å². The van der Waals surface area contributed by atoms with Crippen LogP contribution in [0.4, 0.5) is 22.7 Å². The number of carbonyl (C=O) groups is 4. The monoisotopic (exact) mass is 1280 g/mol. The molecule has 0 bridgehead atoms. The van der Waals surface area contributed by atoms with Crippen molar-refractivity contribution in [2.75, 3.05) is 22.9 Å². The van der Waals surface area contributed by atoms with E-state index in [0.29, 0.717) is 110 Å². The van der Waals surface area contributed by atoms with E-state index in [9.17, 15) is 19.2 Å². The number of rotatable bonds is 17. The minimum Gasteiger partial charge on any atom is -0.459 e. The predicted octanol–water partition coefficient (Wildman–Crippen LogP) is 18.6. The molecule has 12 rings (SSSR count). The van der Waals surface area contributed by atoms with Gasteiger partial charge in [0.15, 0.2) is 0 Å². The maximum Gasteiger partial charge on any atom is 0.338 e. The van der Waals surface area contributed by atoms with Gasteiger partial charge in [0.25, 0.3) is 0 Å². The highest BCUT2D eigenvalue weighted by Crippen LogP contribution is 2.71. The fourth-order valence-corrected chi connectivity index (χ4v) is 22.3. The average molecular weight is 1280 g/mol. The summed E-state index contributed by atoms with van der Waals surface area (Å²) in [6.07, 6.45) is 24.9. The predicted molar refractivity (Wildman–Crippen MR) is 377 cm³/mol. The highest BCUT2D eigenvalue weighted by Gasteiger charge is 2.65. The van der Waals surface area contributed by atoms with Gasteiger partial charge in [0.1, 0.15) is 24.4 Å². The van der Waals surface area contributed by atoms with Crippen molar-refractivity contribution >= 4 is 46.6 Å². The number of carbonyl (C=O) groups excluding carboxylic acids is 4. The Labute approximate surface area is 562 Å². The summed E-state index contributed by atoms with van der Waals surface area (Å²) in [7, 11) is 0. The number of esters is 4. The fourth-order valence-electron chi connectivity index (χ4n) is 22.3. The first kappa shape index (κ1) is 69.1. The number of ether oxygens (including phenoxy) is 4. The van der Waals surface area contributed by atoms with Crippen molar-refractivity contribution in [1.82, 2.24) is 0 Å². The van der Waals surface area contributed by atoms with Gasteiger partial charge in [-0.2, -0.15) is 0 Å². The van der Waals surface area contributed by atoms with Crippen molar-refractivity contribution < 1.29 is 38.1 Å². The van der Waals surface area contributed by atoms with E-state index in [1.165, 1.54) is 82.6 Å². The molecule has 8 aliphatic carbocycles. The number of nitrogens with two attached hydrogens (primary N) is 4. The van der Waals surface area contributed by atoms with E-state index < -0.39 is 0 Å². The van der Waals surface area contributed by atoms with Gasteiger partial charge in [-0.1, -0.05) is 111 Å². The summed E-state index contributed by atoms with van der Waals surface area (Å²) in [6.45, 7) is 24.2. The molecule has 94 heavy (non-hydrogen) atoms. The Balaban J connectivity index is 0.000000192. The standard InChI is InChI=1S/C41H58N2O4.C41H56N2O4/c2*1-25(2)9-6-10-26(3)33-15-16-34-32-24-37(47-39(45)28-12-8-14-30(43)22-28)36-23-31(46-38(44)27-11-7-13-29(42)21-27)17-19-41(36,5)35(32)18-20-40(33,34)4/h7-8,11-14,21-22,25-26,31-37H,6,9-10,15-20,23-24,42-43H2,1-5H3;7-9,11-14,21-22,26,31-37H,6,10,15-20,23-24,42-43H2,1-5H3. The Bertz CT molecular complexity index is 3380. The van der Waals surface area contributed by atoms with Gasteiger partial charge >= 0.3 is 23.9 Å². The van der Waals surface area contributed by atoms with E-state index in [1.54, 1.807) is 84.9 Å². The van der Waals surface area contributed by atoms with E-state index in [1.807, 2.05) is 12.1 Å². The number of hydrogen-bond donors (Lipinski definition) is 4. The largest absolute Gasteiger partial charge is 0.459 e. The van der Waals surface area contributed by atoms with Crippen molar-refractivity contribution in [3.8, 4) is 0 Å². The van der Waals surface area contributed by atoms with E-state index in [0.717, 1.165) is 68.6 Å². The van der Waals surface area contributed by atoms with Crippen LogP contribution >= 0.6 is 0 Å². The Morgan fingerprint density at radius 3 is 1.15 bits per heavy atom. The molecule has 8 fully saturated rings. The van der Waals surface area contributed by atoms with Gasteiger partial charge in [0.05, 0.1) is 22.3 Å². The lowest BCUT2D eigenvalue weighted by atomic mass is 9.43. The first-order chi connectivity index (χ1) is 44.8. The van der Waals surface area contributed by atoms with E-state index >= 15 is 0 Å². The first-order valence-corrected chi connectivity index (χ1v) is 36.7. The molecule has 20 unspecified atom stereocenters. The number of fused-ring (bicyclic) bond motifs is 10. The molecular formula is C82H114N4O8. The average Bonchev–Trinajstić information content (AvgIpc) is 1.27. The SMILES string of the molecule is CC(C)=CCCC(C)C1CCC2C3CC(OC(=O)c4cccc(N)c4)C4CC(OC(=O)c5cccc(N)c5)CCC4(C)C3CCC12C.CC(C)CCCC(C)C1CCC2C3CC(OC(=O)c4cccc(N)c4)C4CC(OC(=O)c5cccc(N)c5)CCC4(C)C3CCC12C. The third-order valence-electron chi connectivity index (χ3n) is 26.9. The highest BCUT2D eigenvalue weighted by atomic mass is 16.6. The van der Waals surface area contributed by atoms with E-state index in [4.69, 9.17) is 41.9 Å². The minimum atomic E-state index is -0.336. The van der Waals surface area contributed by atoms with Crippen molar-refractivity contribution in [2.45, 2.75) is 228 Å². The number of benzene rings is 4. The molecule has 8 aliphatic rings. The molecule has 12 nitrogen and oxygen atoms in total. The molecule has 0 radical (unpaired) electrons. The van der Waals surface area contributed by atoms with Gasteiger partial charge in [-0.05, 0) is 289 Å². The zero-order chi connectivity index (χ0) is 67.0. The Morgan fingerprint density at radius 2 is 0.787 bits per heavy atom. The number of anilines is 4. The van der Waals surface area contributed by atoms with Crippen molar-refractivity contribution in [1.29, 1.82) is 0 Å². The summed E-state index contributed by atoms with van der Waals surface area (Å²) in [5, 5.41) is 0. The minimum absolute atomic E-state index is 0.0120. The number of allylic oxidation sites excluding steroid dienone is 2. The van der Waals surface area contributed by atoms with Gasteiger partial charge in [-0.15, -0.1) is 0 Å². The van der Waals surface area contributed by atoms with Crippen LogP contribution in [0.15, 0.2) is 109 Å². The molecule has 0 aromatic heterocycles. The number of hydrogen-bond acceptors (Lipinski definition) is 12. The van der Waals surface area contributed by atoms with Crippen LogP contribution < -0.4 is 22.9 Å². The van der Waals surface area contributed by atoms with Crippen LogP contribution in [-0.2, 0) is 18.9 Å². The molecule has 4 aromatic carbocycles. The lowest BCUT2D eigenvalue weighted by molar-refractivity contribution is -0.174. The van der Waals surface area contributed by atoms with Gasteiger partial charge < -0.3 is 41.9 Å². The molecule has 8 N–H and O–H groups in total. The van der Waals surface area contributed by atoms with Gasteiger partial charge in [0, 0.05) is 34.6 Å². The smallest absolute Gasteiger partial charge is 0.338 e. The van der Waals surface area contributed by atoms with Crippen molar-refractivity contribution in [3.05, 3.63) is 131 Å². The molecule has 8 saturated carbocycles. The fraction of sp³-hybridized carbons (Fsp3) is 0.634. The van der Waals surface area contributed by atoms with E-state index in [2.05, 4.69) is 75.3 Å². The second kappa shape index (κ2) is 28.4. The van der Waals surface area contributed by atoms with Gasteiger partial charge in [-0.25, -0.2) is 19.2 Å². The van der Waals surface area contributed by atoms with Crippen molar-refractivity contribution in [3.63, 3.8) is 0 Å². The molecule has 0 saturated heterocycles. The third-order valence-corrected chi connectivity index (χ3v) is 26.9. The van der Waals surface area contributed by atoms with Gasteiger partial charge in [-0.3, -0.25) is 0 Å². The lowest BCUT2D eigenvalue weighted by Gasteiger charge is -2.62. The topological polar surface area (TPSA) is 209 Å². The van der Waals surface area contributed by atoms with Crippen LogP contribution in [0.3, 0.4) is 0 Å². The zero-order valence-electron chi connectivity index (χ0n) is 58.6. The first-order valence-electron chi connectivity index (χ1n) is 36.7. The molecule has 510 valence electrons. The maximum absolute atomic E-state index is 13.7. The van der Waals surface area contributed by atoms with E-state index in [-0.39, 0.29) is 71.0 Å². The Hall–Kier alpha value is -6.30. The molecule has 12 heteroatoms. The molecular weight excluding hydrogens is 1170 g/mol. The van der Waals surface area contributed by atoms with Crippen LogP contribution in [0.25, 0.3) is 0 Å². The van der Waals surface area contributed by atoms with Crippen molar-refractivity contribution in [2.24, 2.45) is 98.6 Å². The second-order valence-corrected chi connectivity index (χ2v) is 33.0. The maximum atomic E-state index is 13.7. The molecule has 0 aliphatic heterocycles. The Kier molecular flexibility index (Phi) is 20.9. The van der Waals surface area contributed by atoms with Gasteiger partial charge in [0.2, 0.25) is 0 Å². The highest BCUT2D eigenvalue weighted by molar-refractivity contribution is 5.92. The summed E-state index contributed by atoms with van der Waals surface area (Å²) in [5.41, 5.74) is 30.3. The zero-order valence-corrected chi connectivity index (χ0v) is 58.6. The summed E-state index contributed by atoms with van der Waals surface area (Å²) in [4.78, 5) is 53.7. The lowest BCUT2D eigenvalue weighted by Crippen LogP contribution is -2.59. The van der Waals surface area contributed by atoms with Crippen LogP contribution in [0.2, 0.25) is 0 Å². The molecule has 0 spiro atoms. The normalized spacial score (nSPS) is 35.2. The molecule has 20 atom stereocenters. The molecule has 0 heterocycles. The summed E-state index contributed by atoms with van der Waals surface area (Å²) >= 11 is 0. The summed E-state index contributed by atoms with van der Waals surface area (Å²) < 4.78 is 25.4. The summed E-state index contributed by atoms with van der Waals surface area (Å²) in [5.74, 6) is 6.20. The second-order valence-electron chi connectivity index (χ2n) is 33.0. The van der Waals surface area contributed by atoms with Crippen LogP contribution in [0, 0.1) is 98.6 Å². The molecule has 4 aromatic rings. The molecule has 0 amide bonds.